The topological polar surface area (TPSA) is 80.5 Å². The molecular formula is C20H24N4O3S. The molecule has 2 aromatic heterocycles. The normalized spacial score (nSPS) is 11.1. The summed E-state index contributed by atoms with van der Waals surface area (Å²) in [5.74, 6) is 0.877. The number of nitrogens with zero attached hydrogens (tertiary/aromatic N) is 3. The van der Waals surface area contributed by atoms with E-state index in [9.17, 15) is 4.79 Å². The number of hydrogen-bond acceptors (Lipinski definition) is 7. The summed E-state index contributed by atoms with van der Waals surface area (Å²) in [5.41, 5.74) is 2.93. The molecule has 0 aliphatic heterocycles. The van der Waals surface area contributed by atoms with Crippen LogP contribution >= 0.6 is 11.3 Å². The molecule has 0 saturated heterocycles. The molecule has 0 saturated carbocycles. The first-order valence-corrected chi connectivity index (χ1v) is 9.88. The number of rotatable bonds is 9. The Morgan fingerprint density at radius 2 is 2.00 bits per heavy atom. The van der Waals surface area contributed by atoms with Gasteiger partial charge in [-0.25, -0.2) is 0 Å². The number of aryl methyl sites for hydroxylation is 2. The third-order valence-electron chi connectivity index (χ3n) is 4.28. The van der Waals surface area contributed by atoms with Gasteiger partial charge in [-0.2, -0.15) is 0 Å². The molecule has 1 aromatic carbocycles. The Kier molecular flexibility index (Phi) is 6.91. The van der Waals surface area contributed by atoms with Crippen LogP contribution in [-0.2, 0) is 16.1 Å². The number of ether oxygens (including phenoxy) is 1. The molecule has 3 aromatic rings. The predicted molar refractivity (Wildman–Crippen MR) is 109 cm³/mol. The smallest absolute Gasteiger partial charge is 0.257 e. The van der Waals surface area contributed by atoms with Gasteiger partial charge in [0.25, 0.3) is 5.89 Å². The van der Waals surface area contributed by atoms with Gasteiger partial charge < -0.3 is 14.5 Å². The molecule has 0 unspecified atom stereocenters. The molecule has 0 radical (unpaired) electrons. The fourth-order valence-corrected chi connectivity index (χ4v) is 3.48. The highest BCUT2D eigenvalue weighted by Gasteiger charge is 2.17. The van der Waals surface area contributed by atoms with Crippen LogP contribution in [0.4, 0.5) is 5.69 Å². The molecule has 1 N–H and O–H groups in total. The van der Waals surface area contributed by atoms with Crippen molar-refractivity contribution in [3.8, 4) is 10.8 Å². The van der Waals surface area contributed by atoms with Crippen molar-refractivity contribution < 1.29 is 13.9 Å². The number of anilines is 1. The van der Waals surface area contributed by atoms with E-state index in [0.717, 1.165) is 21.7 Å². The van der Waals surface area contributed by atoms with Gasteiger partial charge in [0.2, 0.25) is 11.8 Å². The number of aromatic nitrogens is 2. The monoisotopic (exact) mass is 400 g/mol. The second-order valence-electron chi connectivity index (χ2n) is 6.50. The van der Waals surface area contributed by atoms with Crippen LogP contribution < -0.4 is 5.32 Å². The van der Waals surface area contributed by atoms with Crippen molar-refractivity contribution in [1.29, 1.82) is 0 Å². The second kappa shape index (κ2) is 9.59. The highest BCUT2D eigenvalue weighted by atomic mass is 32.1. The predicted octanol–water partition coefficient (Wildman–Crippen LogP) is 3.50. The van der Waals surface area contributed by atoms with Crippen molar-refractivity contribution in [3.05, 3.63) is 52.7 Å². The lowest BCUT2D eigenvalue weighted by atomic mass is 10.1. The summed E-state index contributed by atoms with van der Waals surface area (Å²) in [6, 6.07) is 9.81. The van der Waals surface area contributed by atoms with Crippen LogP contribution in [0.15, 0.2) is 40.1 Å². The van der Waals surface area contributed by atoms with E-state index in [2.05, 4.69) is 15.5 Å². The average Bonchev–Trinajstić information content (AvgIpc) is 3.34. The quantitative estimate of drug-likeness (QED) is 0.592. The first-order chi connectivity index (χ1) is 13.6. The number of methoxy groups -OCH3 is 1. The minimum Gasteiger partial charge on any atom is -0.419 e. The standard InChI is InChI=1S/C20H24N4O3S/c1-14-6-4-7-15(2)19(14)21-17(25)12-24(9-10-26-3)13-18-22-23-20(27-18)16-8-5-11-28-16/h4-8,11H,9-10,12-13H2,1-3H3,(H,21,25). The van der Waals surface area contributed by atoms with Gasteiger partial charge in [0.15, 0.2) is 0 Å². The summed E-state index contributed by atoms with van der Waals surface area (Å²) in [6.45, 7) is 5.62. The van der Waals surface area contributed by atoms with Gasteiger partial charge >= 0.3 is 0 Å². The van der Waals surface area contributed by atoms with Crippen molar-refractivity contribution >= 4 is 22.9 Å². The fraction of sp³-hybridized carbons (Fsp3) is 0.350. The largest absolute Gasteiger partial charge is 0.419 e. The van der Waals surface area contributed by atoms with E-state index in [-0.39, 0.29) is 12.5 Å². The van der Waals surface area contributed by atoms with Crippen molar-refractivity contribution in [2.75, 3.05) is 32.1 Å². The molecule has 7 nitrogen and oxygen atoms in total. The molecule has 8 heteroatoms. The highest BCUT2D eigenvalue weighted by Crippen LogP contribution is 2.23. The van der Waals surface area contributed by atoms with Gasteiger partial charge in [0, 0.05) is 19.3 Å². The zero-order valence-corrected chi connectivity index (χ0v) is 17.1. The van der Waals surface area contributed by atoms with Gasteiger partial charge in [0.05, 0.1) is 24.6 Å². The van der Waals surface area contributed by atoms with Gasteiger partial charge in [-0.3, -0.25) is 9.69 Å². The van der Waals surface area contributed by atoms with Crippen LogP contribution in [0.3, 0.4) is 0 Å². The van der Waals surface area contributed by atoms with Crippen molar-refractivity contribution in [2.45, 2.75) is 20.4 Å². The van der Waals surface area contributed by atoms with Crippen LogP contribution in [0.2, 0.25) is 0 Å². The number of amides is 1. The lowest BCUT2D eigenvalue weighted by molar-refractivity contribution is -0.117. The number of carbonyl (C=O) groups excluding carboxylic acids is 1. The average molecular weight is 401 g/mol. The van der Waals surface area contributed by atoms with E-state index < -0.39 is 0 Å². The molecule has 1 amide bonds. The zero-order valence-electron chi connectivity index (χ0n) is 16.3. The Morgan fingerprint density at radius 3 is 2.68 bits per heavy atom. The number of carbonyl (C=O) groups is 1. The van der Waals surface area contributed by atoms with E-state index in [1.807, 2.05) is 54.5 Å². The number of benzene rings is 1. The molecule has 148 valence electrons. The zero-order chi connectivity index (χ0) is 19.9. The van der Waals surface area contributed by atoms with Crippen LogP contribution in [0.5, 0.6) is 0 Å². The van der Waals surface area contributed by atoms with Crippen LogP contribution in [-0.4, -0.2) is 47.8 Å². The Labute approximate surface area is 168 Å². The molecular weight excluding hydrogens is 376 g/mol. The minimum absolute atomic E-state index is 0.0912. The lowest BCUT2D eigenvalue weighted by Crippen LogP contribution is -2.35. The number of thiophene rings is 1. The van der Waals surface area contributed by atoms with Crippen LogP contribution in [0.25, 0.3) is 10.8 Å². The van der Waals surface area contributed by atoms with Crippen LogP contribution in [0, 0.1) is 13.8 Å². The number of nitrogens with one attached hydrogen (secondary N) is 1. The van der Waals surface area contributed by atoms with Crippen molar-refractivity contribution in [3.63, 3.8) is 0 Å². The summed E-state index contributed by atoms with van der Waals surface area (Å²) in [5, 5.41) is 13.2. The molecule has 0 atom stereocenters. The van der Waals surface area contributed by atoms with E-state index in [1.165, 1.54) is 0 Å². The summed E-state index contributed by atoms with van der Waals surface area (Å²) in [7, 11) is 1.64. The molecule has 0 bridgehead atoms. The Hall–Kier alpha value is -2.55. The molecule has 2 heterocycles. The van der Waals surface area contributed by atoms with Gasteiger partial charge in [-0.15, -0.1) is 21.5 Å². The summed E-state index contributed by atoms with van der Waals surface area (Å²) >= 11 is 1.54. The number of para-hydroxylation sites is 1. The maximum atomic E-state index is 12.6. The Balaban J connectivity index is 1.65. The van der Waals surface area contributed by atoms with E-state index in [4.69, 9.17) is 9.15 Å². The minimum atomic E-state index is -0.0912. The third kappa shape index (κ3) is 5.25. The van der Waals surface area contributed by atoms with E-state index >= 15 is 0 Å². The summed E-state index contributed by atoms with van der Waals surface area (Å²) < 4.78 is 10.9. The molecule has 3 rings (SSSR count). The van der Waals surface area contributed by atoms with Crippen molar-refractivity contribution in [2.24, 2.45) is 0 Å². The molecule has 0 aliphatic carbocycles. The van der Waals surface area contributed by atoms with Gasteiger partial charge in [-0.05, 0) is 36.4 Å². The fourth-order valence-electron chi connectivity index (χ4n) is 2.84. The summed E-state index contributed by atoms with van der Waals surface area (Å²) in [6.07, 6.45) is 0. The van der Waals surface area contributed by atoms with Gasteiger partial charge in [0.1, 0.15) is 0 Å². The summed E-state index contributed by atoms with van der Waals surface area (Å²) in [4.78, 5) is 15.5. The molecule has 28 heavy (non-hydrogen) atoms. The van der Waals surface area contributed by atoms with Crippen LogP contribution in [0.1, 0.15) is 17.0 Å². The third-order valence-corrected chi connectivity index (χ3v) is 5.14. The highest BCUT2D eigenvalue weighted by molar-refractivity contribution is 7.13. The molecule has 0 fully saturated rings. The number of hydrogen-bond donors (Lipinski definition) is 1. The maximum absolute atomic E-state index is 12.6. The molecule has 0 aliphatic rings. The first-order valence-electron chi connectivity index (χ1n) is 9.00. The van der Waals surface area contributed by atoms with E-state index in [1.54, 1.807) is 18.4 Å². The molecule has 0 spiro atoms. The second-order valence-corrected chi connectivity index (χ2v) is 7.44. The Morgan fingerprint density at radius 1 is 1.21 bits per heavy atom. The SMILES string of the molecule is COCCN(CC(=O)Nc1c(C)cccc1C)Cc1nnc(-c2cccs2)o1. The Bertz CT molecular complexity index is 888. The maximum Gasteiger partial charge on any atom is 0.257 e. The van der Waals surface area contributed by atoms with Crippen molar-refractivity contribution in [1.82, 2.24) is 15.1 Å². The lowest BCUT2D eigenvalue weighted by Gasteiger charge is -2.20. The van der Waals surface area contributed by atoms with Gasteiger partial charge in [-0.1, -0.05) is 24.3 Å². The first kappa shape index (κ1) is 20.2. The van der Waals surface area contributed by atoms with E-state index in [0.29, 0.717) is 31.5 Å².